The lowest BCUT2D eigenvalue weighted by Crippen LogP contribution is -2.16. The molecule has 0 saturated heterocycles. The summed E-state index contributed by atoms with van der Waals surface area (Å²) < 4.78 is 18.7. The Morgan fingerprint density at radius 2 is 2.00 bits per heavy atom. The topological polar surface area (TPSA) is 74.6 Å². The number of aryl methyl sites for hydroxylation is 2. The quantitative estimate of drug-likeness (QED) is 0.708. The van der Waals surface area contributed by atoms with Gasteiger partial charge in [0.1, 0.15) is 19.0 Å². The number of hydrogen-bond acceptors (Lipinski definition) is 5. The first-order chi connectivity index (χ1) is 13.7. The second-order valence-electron chi connectivity index (χ2n) is 6.59. The fourth-order valence-electron chi connectivity index (χ4n) is 3.36. The van der Waals surface area contributed by atoms with E-state index in [9.17, 15) is 4.79 Å². The average Bonchev–Trinajstić information content (AvgIpc) is 3.13. The van der Waals surface area contributed by atoms with Crippen molar-refractivity contribution < 1.29 is 19.0 Å². The van der Waals surface area contributed by atoms with Crippen molar-refractivity contribution >= 4 is 22.6 Å². The van der Waals surface area contributed by atoms with Crippen LogP contribution in [0.2, 0.25) is 0 Å². The van der Waals surface area contributed by atoms with Crippen molar-refractivity contribution in [1.82, 2.24) is 9.55 Å². The molecule has 7 nitrogen and oxygen atoms in total. The maximum Gasteiger partial charge on any atom is 0.224 e. The number of rotatable bonds is 6. The van der Waals surface area contributed by atoms with Gasteiger partial charge in [0.15, 0.2) is 11.5 Å². The number of imidazole rings is 1. The number of amides is 1. The van der Waals surface area contributed by atoms with Crippen LogP contribution < -0.4 is 19.5 Å². The minimum Gasteiger partial charge on any atom is -0.496 e. The Labute approximate surface area is 163 Å². The number of aromatic nitrogens is 2. The van der Waals surface area contributed by atoms with Gasteiger partial charge in [-0.2, -0.15) is 0 Å². The summed E-state index contributed by atoms with van der Waals surface area (Å²) in [7, 11) is 1.61. The molecule has 0 bridgehead atoms. The van der Waals surface area contributed by atoms with Crippen LogP contribution >= 0.6 is 0 Å². The molecular weight excluding hydrogens is 358 g/mol. The lowest BCUT2D eigenvalue weighted by molar-refractivity contribution is -0.116. The zero-order valence-corrected chi connectivity index (χ0v) is 16.0. The Hall–Kier alpha value is -3.22. The zero-order chi connectivity index (χ0) is 19.5. The van der Waals surface area contributed by atoms with Crippen molar-refractivity contribution in [3.63, 3.8) is 0 Å². The molecule has 1 aromatic heterocycles. The molecule has 0 unspecified atom stereocenters. The lowest BCUT2D eigenvalue weighted by atomic mass is 10.1. The molecule has 4 rings (SSSR count). The Balaban J connectivity index is 1.43. The van der Waals surface area contributed by atoms with Gasteiger partial charge in [0.05, 0.1) is 24.5 Å². The summed E-state index contributed by atoms with van der Waals surface area (Å²) in [6.45, 7) is 3.98. The van der Waals surface area contributed by atoms with Crippen molar-refractivity contribution in [2.45, 2.75) is 26.3 Å². The molecule has 1 aliphatic rings. The summed E-state index contributed by atoms with van der Waals surface area (Å²) in [5.41, 5.74) is 3.58. The Morgan fingerprint density at radius 1 is 1.21 bits per heavy atom. The van der Waals surface area contributed by atoms with Gasteiger partial charge in [0.25, 0.3) is 0 Å². The SMILES string of the molecule is CCn1cnc2cc(NC(=O)CCc3cc4c(cc3OC)OCCO4)ccc21. The number of nitrogens with zero attached hydrogens (tertiary/aromatic N) is 2. The average molecular weight is 381 g/mol. The highest BCUT2D eigenvalue weighted by atomic mass is 16.6. The number of benzene rings is 2. The van der Waals surface area contributed by atoms with Crippen LogP contribution in [0.3, 0.4) is 0 Å². The van der Waals surface area contributed by atoms with E-state index in [1.807, 2.05) is 36.7 Å². The van der Waals surface area contributed by atoms with Gasteiger partial charge in [-0.05, 0) is 43.2 Å². The number of methoxy groups -OCH3 is 1. The molecule has 2 heterocycles. The molecule has 0 spiro atoms. The van der Waals surface area contributed by atoms with Gasteiger partial charge in [-0.25, -0.2) is 4.98 Å². The van der Waals surface area contributed by atoms with Crippen molar-refractivity contribution in [3.8, 4) is 17.2 Å². The van der Waals surface area contributed by atoms with E-state index in [1.165, 1.54) is 0 Å². The van der Waals surface area contributed by atoms with Crippen LogP contribution in [0.15, 0.2) is 36.7 Å². The summed E-state index contributed by atoms with van der Waals surface area (Å²) in [6, 6.07) is 9.48. The maximum absolute atomic E-state index is 12.4. The van der Waals surface area contributed by atoms with E-state index in [0.717, 1.165) is 28.8 Å². The lowest BCUT2D eigenvalue weighted by Gasteiger charge is -2.20. The van der Waals surface area contributed by atoms with Crippen molar-refractivity contribution in [2.24, 2.45) is 0 Å². The van der Waals surface area contributed by atoms with Gasteiger partial charge in [0.2, 0.25) is 5.91 Å². The minimum atomic E-state index is -0.0637. The van der Waals surface area contributed by atoms with Gasteiger partial charge in [-0.1, -0.05) is 0 Å². The van der Waals surface area contributed by atoms with Crippen LogP contribution in [0, 0.1) is 0 Å². The maximum atomic E-state index is 12.4. The molecule has 0 fully saturated rings. The smallest absolute Gasteiger partial charge is 0.224 e. The third-order valence-corrected chi connectivity index (χ3v) is 4.81. The first-order valence-electron chi connectivity index (χ1n) is 9.39. The second-order valence-corrected chi connectivity index (χ2v) is 6.59. The molecule has 28 heavy (non-hydrogen) atoms. The van der Waals surface area contributed by atoms with E-state index in [0.29, 0.717) is 43.3 Å². The number of carbonyl (C=O) groups is 1. The molecule has 0 saturated carbocycles. The van der Waals surface area contributed by atoms with Gasteiger partial charge in [-0.15, -0.1) is 0 Å². The van der Waals surface area contributed by atoms with E-state index in [4.69, 9.17) is 14.2 Å². The van der Waals surface area contributed by atoms with Gasteiger partial charge in [-0.3, -0.25) is 4.79 Å². The highest BCUT2D eigenvalue weighted by Crippen LogP contribution is 2.37. The fourth-order valence-corrected chi connectivity index (χ4v) is 3.36. The standard InChI is InChI=1S/C21H23N3O4/c1-3-24-13-22-16-11-15(5-6-17(16)24)23-21(25)7-4-14-10-19-20(12-18(14)26-2)28-9-8-27-19/h5-6,10-13H,3-4,7-9H2,1-2H3,(H,23,25). The van der Waals surface area contributed by atoms with Crippen LogP contribution in [0.4, 0.5) is 5.69 Å². The normalized spacial score (nSPS) is 12.8. The van der Waals surface area contributed by atoms with Crippen LogP contribution in [0.25, 0.3) is 11.0 Å². The van der Waals surface area contributed by atoms with Crippen LogP contribution in [0.5, 0.6) is 17.2 Å². The fraction of sp³-hybridized carbons (Fsp3) is 0.333. The molecule has 0 aliphatic carbocycles. The summed E-state index contributed by atoms with van der Waals surface area (Å²) in [4.78, 5) is 16.8. The highest BCUT2D eigenvalue weighted by molar-refractivity contribution is 5.93. The second kappa shape index (κ2) is 7.80. The number of nitrogens with one attached hydrogen (secondary N) is 1. The molecule has 0 radical (unpaired) electrons. The van der Waals surface area contributed by atoms with E-state index in [-0.39, 0.29) is 5.91 Å². The number of anilines is 1. The van der Waals surface area contributed by atoms with Gasteiger partial charge < -0.3 is 24.1 Å². The predicted octanol–water partition coefficient (Wildman–Crippen LogP) is 3.41. The molecule has 1 N–H and O–H groups in total. The first-order valence-corrected chi connectivity index (χ1v) is 9.39. The van der Waals surface area contributed by atoms with E-state index in [1.54, 1.807) is 7.11 Å². The number of hydrogen-bond donors (Lipinski definition) is 1. The summed E-state index contributed by atoms with van der Waals surface area (Å²) >= 11 is 0. The van der Waals surface area contributed by atoms with Gasteiger partial charge in [0, 0.05) is 24.7 Å². The van der Waals surface area contributed by atoms with Crippen molar-refractivity contribution in [2.75, 3.05) is 25.6 Å². The number of carbonyl (C=O) groups excluding carboxylic acids is 1. The molecule has 3 aromatic rings. The zero-order valence-electron chi connectivity index (χ0n) is 16.0. The molecule has 2 aromatic carbocycles. The highest BCUT2D eigenvalue weighted by Gasteiger charge is 2.17. The first kappa shape index (κ1) is 18.2. The van der Waals surface area contributed by atoms with Crippen molar-refractivity contribution in [1.29, 1.82) is 0 Å². The molecule has 1 aliphatic heterocycles. The van der Waals surface area contributed by atoms with E-state index >= 15 is 0 Å². The molecule has 7 heteroatoms. The monoisotopic (exact) mass is 381 g/mol. The summed E-state index contributed by atoms with van der Waals surface area (Å²) in [6.07, 6.45) is 2.68. The number of ether oxygens (including phenoxy) is 3. The molecule has 1 amide bonds. The Kier molecular flexibility index (Phi) is 5.06. The number of fused-ring (bicyclic) bond motifs is 2. The molecule has 0 atom stereocenters. The largest absolute Gasteiger partial charge is 0.496 e. The Morgan fingerprint density at radius 3 is 2.75 bits per heavy atom. The molecule has 146 valence electrons. The summed E-state index contributed by atoms with van der Waals surface area (Å²) in [5, 5.41) is 2.95. The third-order valence-electron chi connectivity index (χ3n) is 4.81. The van der Waals surface area contributed by atoms with Crippen molar-refractivity contribution in [3.05, 3.63) is 42.2 Å². The van der Waals surface area contributed by atoms with E-state index in [2.05, 4.69) is 21.8 Å². The summed E-state index contributed by atoms with van der Waals surface area (Å²) in [5.74, 6) is 2.00. The Bertz CT molecular complexity index is 1010. The van der Waals surface area contributed by atoms with Crippen LogP contribution in [-0.4, -0.2) is 35.8 Å². The minimum absolute atomic E-state index is 0.0637. The predicted molar refractivity (Wildman–Crippen MR) is 106 cm³/mol. The third kappa shape index (κ3) is 3.60. The van der Waals surface area contributed by atoms with Crippen LogP contribution in [0.1, 0.15) is 18.9 Å². The molecular formula is C21H23N3O4. The van der Waals surface area contributed by atoms with Crippen LogP contribution in [-0.2, 0) is 17.8 Å². The van der Waals surface area contributed by atoms with E-state index < -0.39 is 0 Å². The van der Waals surface area contributed by atoms with Gasteiger partial charge >= 0.3 is 0 Å².